The summed E-state index contributed by atoms with van der Waals surface area (Å²) >= 11 is 3.36. The lowest BCUT2D eigenvalue weighted by Crippen LogP contribution is -2.26. The number of carboxylic acids is 1. The van der Waals surface area contributed by atoms with Crippen molar-refractivity contribution in [2.45, 2.75) is 45.6 Å². The molecule has 0 saturated heterocycles. The smallest absolute Gasteiger partial charge is 0.352 e. The Balaban J connectivity index is 2.30. The fraction of sp³-hybridized carbons (Fsp3) is 0.615. The van der Waals surface area contributed by atoms with Crippen LogP contribution in [0.3, 0.4) is 0 Å². The minimum absolute atomic E-state index is 0.315. The fourth-order valence-electron chi connectivity index (χ4n) is 2.81. The molecule has 1 saturated carbocycles. The van der Waals surface area contributed by atoms with E-state index in [2.05, 4.69) is 29.8 Å². The lowest BCUT2D eigenvalue weighted by Gasteiger charge is -2.36. The Morgan fingerprint density at radius 2 is 2.29 bits per heavy atom. The quantitative estimate of drug-likeness (QED) is 0.894. The highest BCUT2D eigenvalue weighted by Gasteiger charge is 2.30. The molecule has 1 aromatic rings. The molecule has 4 heteroatoms. The summed E-state index contributed by atoms with van der Waals surface area (Å²) in [6.45, 7) is 4.52. The molecule has 1 atom stereocenters. The maximum absolute atomic E-state index is 11.2. The Morgan fingerprint density at radius 3 is 2.88 bits per heavy atom. The Kier molecular flexibility index (Phi) is 3.34. The van der Waals surface area contributed by atoms with E-state index in [4.69, 9.17) is 0 Å². The van der Waals surface area contributed by atoms with Crippen LogP contribution in [-0.4, -0.2) is 15.6 Å². The molecule has 0 aliphatic heterocycles. The summed E-state index contributed by atoms with van der Waals surface area (Å²) in [6.07, 6.45) is 6.43. The van der Waals surface area contributed by atoms with Gasteiger partial charge in [-0.3, -0.25) is 0 Å². The molecule has 1 aromatic heterocycles. The van der Waals surface area contributed by atoms with Crippen molar-refractivity contribution in [3.05, 3.63) is 22.4 Å². The van der Waals surface area contributed by atoms with E-state index in [1.54, 1.807) is 6.07 Å². The van der Waals surface area contributed by atoms with Crippen molar-refractivity contribution < 1.29 is 9.90 Å². The normalized spacial score (nSPS) is 23.6. The highest BCUT2D eigenvalue weighted by atomic mass is 79.9. The fourth-order valence-corrected chi connectivity index (χ4v) is 3.25. The highest BCUT2D eigenvalue weighted by Crippen LogP contribution is 2.41. The van der Waals surface area contributed by atoms with E-state index in [1.807, 2.05) is 10.8 Å². The van der Waals surface area contributed by atoms with Gasteiger partial charge in [0.15, 0.2) is 0 Å². The standard InChI is InChI=1S/C13H18BrNO2/c1-13(2)5-3-4-10(7-13)15-8-9(14)6-11(15)12(16)17/h6,8,10H,3-5,7H2,1-2H3,(H,16,17). The second-order valence-corrected chi connectivity index (χ2v) is 6.59. The third-order valence-electron chi connectivity index (χ3n) is 3.61. The van der Waals surface area contributed by atoms with Crippen molar-refractivity contribution in [2.24, 2.45) is 5.41 Å². The monoisotopic (exact) mass is 299 g/mol. The first kappa shape index (κ1) is 12.7. The van der Waals surface area contributed by atoms with Crippen LogP contribution in [0, 0.1) is 5.41 Å². The number of aromatic nitrogens is 1. The molecule has 2 rings (SSSR count). The van der Waals surface area contributed by atoms with Crippen LogP contribution in [0.4, 0.5) is 0 Å². The van der Waals surface area contributed by atoms with Crippen LogP contribution >= 0.6 is 15.9 Å². The van der Waals surface area contributed by atoms with E-state index in [0.29, 0.717) is 17.2 Å². The molecule has 1 aliphatic carbocycles. The van der Waals surface area contributed by atoms with Crippen molar-refractivity contribution in [1.29, 1.82) is 0 Å². The van der Waals surface area contributed by atoms with E-state index >= 15 is 0 Å². The minimum Gasteiger partial charge on any atom is -0.477 e. The van der Waals surface area contributed by atoms with Gasteiger partial charge in [0.1, 0.15) is 5.69 Å². The summed E-state index contributed by atoms with van der Waals surface area (Å²) in [4.78, 5) is 11.2. The van der Waals surface area contributed by atoms with Gasteiger partial charge in [-0.05, 0) is 46.7 Å². The van der Waals surface area contributed by atoms with Crippen molar-refractivity contribution in [2.75, 3.05) is 0 Å². The van der Waals surface area contributed by atoms with Gasteiger partial charge in [-0.1, -0.05) is 20.3 Å². The van der Waals surface area contributed by atoms with Crippen LogP contribution in [0.25, 0.3) is 0 Å². The number of carboxylic acid groups (broad SMARTS) is 1. The van der Waals surface area contributed by atoms with Crippen LogP contribution in [0.15, 0.2) is 16.7 Å². The van der Waals surface area contributed by atoms with Crippen LogP contribution in [0.5, 0.6) is 0 Å². The van der Waals surface area contributed by atoms with Crippen molar-refractivity contribution in [3.63, 3.8) is 0 Å². The van der Waals surface area contributed by atoms with E-state index < -0.39 is 5.97 Å². The van der Waals surface area contributed by atoms with Gasteiger partial charge in [-0.25, -0.2) is 4.79 Å². The van der Waals surface area contributed by atoms with Crippen molar-refractivity contribution >= 4 is 21.9 Å². The summed E-state index contributed by atoms with van der Waals surface area (Å²) in [5, 5.41) is 9.20. The van der Waals surface area contributed by atoms with E-state index in [-0.39, 0.29) is 0 Å². The lowest BCUT2D eigenvalue weighted by molar-refractivity contribution is 0.0676. The zero-order valence-electron chi connectivity index (χ0n) is 10.2. The Labute approximate surface area is 110 Å². The number of rotatable bonds is 2. The molecule has 1 N–H and O–H groups in total. The maximum Gasteiger partial charge on any atom is 0.352 e. The van der Waals surface area contributed by atoms with Crippen LogP contribution < -0.4 is 0 Å². The molecule has 0 spiro atoms. The Morgan fingerprint density at radius 1 is 1.59 bits per heavy atom. The third-order valence-corrected chi connectivity index (χ3v) is 4.04. The summed E-state index contributed by atoms with van der Waals surface area (Å²) < 4.78 is 2.77. The molecule has 1 unspecified atom stereocenters. The van der Waals surface area contributed by atoms with Crippen LogP contribution in [0.1, 0.15) is 56.1 Å². The number of aromatic carboxylic acids is 1. The van der Waals surface area contributed by atoms with E-state index in [0.717, 1.165) is 17.3 Å². The maximum atomic E-state index is 11.2. The molecule has 3 nitrogen and oxygen atoms in total. The topological polar surface area (TPSA) is 42.2 Å². The summed E-state index contributed by atoms with van der Waals surface area (Å²) in [6, 6.07) is 2.00. The molecule has 17 heavy (non-hydrogen) atoms. The zero-order chi connectivity index (χ0) is 12.6. The zero-order valence-corrected chi connectivity index (χ0v) is 11.8. The SMILES string of the molecule is CC1(C)CCCC(n2cc(Br)cc2C(=O)O)C1. The first-order chi connectivity index (χ1) is 7.89. The number of carbonyl (C=O) groups is 1. The minimum atomic E-state index is -0.848. The number of hydrogen-bond acceptors (Lipinski definition) is 1. The number of halogens is 1. The number of nitrogens with zero attached hydrogens (tertiary/aromatic N) is 1. The molecule has 94 valence electrons. The van der Waals surface area contributed by atoms with E-state index in [9.17, 15) is 9.90 Å². The lowest BCUT2D eigenvalue weighted by atomic mass is 9.75. The van der Waals surface area contributed by atoms with Gasteiger partial charge >= 0.3 is 5.97 Å². The molecule has 0 amide bonds. The first-order valence-electron chi connectivity index (χ1n) is 6.00. The second-order valence-electron chi connectivity index (χ2n) is 5.67. The largest absolute Gasteiger partial charge is 0.477 e. The van der Waals surface area contributed by atoms with Crippen molar-refractivity contribution in [3.8, 4) is 0 Å². The molecule has 0 aromatic carbocycles. The van der Waals surface area contributed by atoms with Gasteiger partial charge in [0.2, 0.25) is 0 Å². The van der Waals surface area contributed by atoms with Gasteiger partial charge in [-0.15, -0.1) is 0 Å². The molecule has 1 fully saturated rings. The predicted octanol–water partition coefficient (Wildman–Crippen LogP) is 4.09. The molecule has 1 aliphatic rings. The average Bonchev–Trinajstić information content (AvgIpc) is 2.59. The summed E-state index contributed by atoms with van der Waals surface area (Å²) in [7, 11) is 0. The predicted molar refractivity (Wildman–Crippen MR) is 70.4 cm³/mol. The van der Waals surface area contributed by atoms with Crippen LogP contribution in [-0.2, 0) is 0 Å². The highest BCUT2D eigenvalue weighted by molar-refractivity contribution is 9.10. The molecular weight excluding hydrogens is 282 g/mol. The number of hydrogen-bond donors (Lipinski definition) is 1. The summed E-state index contributed by atoms with van der Waals surface area (Å²) in [5.41, 5.74) is 0.703. The van der Waals surface area contributed by atoms with Crippen molar-refractivity contribution in [1.82, 2.24) is 4.57 Å². The van der Waals surface area contributed by atoms with Gasteiger partial charge < -0.3 is 9.67 Å². The van der Waals surface area contributed by atoms with Crippen LogP contribution in [0.2, 0.25) is 0 Å². The molecule has 0 radical (unpaired) electrons. The Hall–Kier alpha value is -0.770. The van der Waals surface area contributed by atoms with Gasteiger partial charge in [-0.2, -0.15) is 0 Å². The van der Waals surface area contributed by atoms with Gasteiger partial charge in [0, 0.05) is 16.7 Å². The molecule has 0 bridgehead atoms. The van der Waals surface area contributed by atoms with E-state index in [1.165, 1.54) is 12.8 Å². The Bertz CT molecular complexity index is 437. The average molecular weight is 300 g/mol. The second kappa shape index (κ2) is 4.48. The van der Waals surface area contributed by atoms with Gasteiger partial charge in [0.25, 0.3) is 0 Å². The third kappa shape index (κ3) is 2.73. The molecule has 1 heterocycles. The molecular formula is C13H18BrNO2. The van der Waals surface area contributed by atoms with Gasteiger partial charge in [0.05, 0.1) is 0 Å². The first-order valence-corrected chi connectivity index (χ1v) is 6.79. The summed E-state index contributed by atoms with van der Waals surface area (Å²) in [5.74, 6) is -0.848.